The van der Waals surface area contributed by atoms with Gasteiger partial charge in [0.05, 0.1) is 0 Å². The van der Waals surface area contributed by atoms with Crippen LogP contribution in [0.3, 0.4) is 0 Å². The fraction of sp³-hybridized carbons (Fsp3) is 0.400. The molecule has 0 aliphatic rings. The van der Waals surface area contributed by atoms with Gasteiger partial charge < -0.3 is 0 Å². The summed E-state index contributed by atoms with van der Waals surface area (Å²) in [7, 11) is 0. The number of hydrogen-bond acceptors (Lipinski definition) is 0. The predicted molar refractivity (Wildman–Crippen MR) is 50.0 cm³/mol. The molecule has 1 aromatic rings. The molecule has 0 bridgehead atoms. The van der Waals surface area contributed by atoms with Gasteiger partial charge in [0, 0.05) is 0 Å². The molecule has 0 unspecified atom stereocenters. The van der Waals surface area contributed by atoms with Gasteiger partial charge in [0.25, 0.3) is 0 Å². The van der Waals surface area contributed by atoms with Crippen molar-refractivity contribution in [1.29, 1.82) is 0 Å². The molecule has 0 aliphatic heterocycles. The van der Waals surface area contributed by atoms with Gasteiger partial charge in [-0.05, 0) is 0 Å². The van der Waals surface area contributed by atoms with Crippen molar-refractivity contribution in [2.75, 3.05) is 0 Å². The third kappa shape index (κ3) is 2.36. The van der Waals surface area contributed by atoms with Gasteiger partial charge in [0.2, 0.25) is 0 Å². The number of aryl methyl sites for hydroxylation is 1. The molecule has 0 amide bonds. The zero-order valence-electron chi connectivity index (χ0n) is 7.39. The van der Waals surface area contributed by atoms with Crippen LogP contribution in [0.2, 0.25) is 0 Å². The van der Waals surface area contributed by atoms with Gasteiger partial charge in [-0.15, -0.1) is 0 Å². The van der Waals surface area contributed by atoms with Crippen LogP contribution >= 0.6 is 0 Å². The van der Waals surface area contributed by atoms with Crippen molar-refractivity contribution in [3.05, 3.63) is 35.4 Å². The summed E-state index contributed by atoms with van der Waals surface area (Å²) < 4.78 is 0.202. The molecule has 0 aromatic heterocycles. The number of rotatable bonds is 1. The van der Waals surface area contributed by atoms with Crippen LogP contribution in [-0.2, 0) is 4.28 Å². The molecule has 0 spiro atoms. The molecular formula is C10H13Al+2. The third-order valence-electron chi connectivity index (χ3n) is 1.80. The number of benzene rings is 1. The molecular weight excluding hydrogens is 147 g/mol. The Kier molecular flexibility index (Phi) is 2.42. The van der Waals surface area contributed by atoms with Crippen LogP contribution < -0.4 is 0 Å². The molecule has 0 aliphatic carbocycles. The zero-order valence-corrected chi connectivity index (χ0v) is 8.54. The van der Waals surface area contributed by atoms with E-state index in [0.717, 1.165) is 0 Å². The second-order valence-electron chi connectivity index (χ2n) is 3.59. The van der Waals surface area contributed by atoms with Crippen molar-refractivity contribution in [1.82, 2.24) is 0 Å². The Morgan fingerprint density at radius 1 is 1.09 bits per heavy atom. The maximum absolute atomic E-state index is 2.85. The molecule has 0 N–H and O–H groups in total. The Morgan fingerprint density at radius 2 is 1.55 bits per heavy atom. The predicted octanol–water partition coefficient (Wildman–Crippen LogP) is 2.40. The van der Waals surface area contributed by atoms with Crippen molar-refractivity contribution in [2.45, 2.75) is 25.0 Å². The van der Waals surface area contributed by atoms with Gasteiger partial charge in [0.15, 0.2) is 0 Å². The van der Waals surface area contributed by atoms with E-state index in [0.29, 0.717) is 0 Å². The van der Waals surface area contributed by atoms with Crippen molar-refractivity contribution >= 4 is 16.3 Å². The fourth-order valence-electron chi connectivity index (χ4n) is 0.983. The van der Waals surface area contributed by atoms with E-state index >= 15 is 0 Å². The minimum atomic E-state index is 0.202. The van der Waals surface area contributed by atoms with Crippen molar-refractivity contribution in [2.24, 2.45) is 0 Å². The van der Waals surface area contributed by atoms with Crippen LogP contribution in [0.5, 0.6) is 0 Å². The summed E-state index contributed by atoms with van der Waals surface area (Å²) >= 11 is 2.85. The van der Waals surface area contributed by atoms with Crippen LogP contribution in [0.4, 0.5) is 0 Å². The first-order chi connectivity index (χ1) is 5.00. The first-order valence-corrected chi connectivity index (χ1v) is 4.44. The maximum atomic E-state index is 2.85. The van der Waals surface area contributed by atoms with E-state index in [-0.39, 0.29) is 4.28 Å². The average molecular weight is 160 g/mol. The van der Waals surface area contributed by atoms with E-state index in [1.807, 2.05) is 0 Å². The molecule has 0 saturated heterocycles. The minimum absolute atomic E-state index is 0.202. The second kappa shape index (κ2) is 3.01. The molecule has 0 fully saturated rings. The van der Waals surface area contributed by atoms with E-state index in [9.17, 15) is 0 Å². The van der Waals surface area contributed by atoms with Gasteiger partial charge >= 0.3 is 76.7 Å². The van der Waals surface area contributed by atoms with Gasteiger partial charge in [-0.2, -0.15) is 0 Å². The summed E-state index contributed by atoms with van der Waals surface area (Å²) in [6.07, 6.45) is 0. The van der Waals surface area contributed by atoms with Gasteiger partial charge in [-0.3, -0.25) is 0 Å². The summed E-state index contributed by atoms with van der Waals surface area (Å²) in [5, 5.41) is 0. The van der Waals surface area contributed by atoms with Crippen LogP contribution in [0, 0.1) is 6.92 Å². The van der Waals surface area contributed by atoms with E-state index in [1.165, 1.54) is 11.1 Å². The van der Waals surface area contributed by atoms with Crippen molar-refractivity contribution in [3.63, 3.8) is 0 Å². The standard InChI is InChI=1S/C10H13.Al/c1-8(2)10-6-4-9(3)5-7-10;/h4-7H,1-3H3;/q;+2. The molecule has 1 rings (SSSR count). The molecule has 0 atom stereocenters. The fourth-order valence-corrected chi connectivity index (χ4v) is 1.18. The third-order valence-corrected chi connectivity index (χ3v) is 2.13. The topological polar surface area (TPSA) is 0 Å². The molecule has 0 nitrogen and oxygen atoms in total. The first kappa shape index (κ1) is 8.85. The van der Waals surface area contributed by atoms with E-state index < -0.39 is 0 Å². The average Bonchev–Trinajstić information content (AvgIpc) is 1.86. The number of hydrogen-bond donors (Lipinski definition) is 0. The monoisotopic (exact) mass is 160 g/mol. The quantitative estimate of drug-likeness (QED) is 0.553. The normalized spacial score (nSPS) is 11.7. The van der Waals surface area contributed by atoms with E-state index in [1.54, 1.807) is 0 Å². The molecule has 1 aromatic carbocycles. The SMILES string of the molecule is Cc1ccc([C](C)(C)[Al+2])cc1. The Hall–Kier alpha value is -0.248. The van der Waals surface area contributed by atoms with Gasteiger partial charge in [-0.25, -0.2) is 0 Å². The summed E-state index contributed by atoms with van der Waals surface area (Å²) in [4.78, 5) is 0. The van der Waals surface area contributed by atoms with Crippen molar-refractivity contribution in [3.8, 4) is 0 Å². The molecule has 0 radical (unpaired) electrons. The molecule has 0 heterocycles. The molecule has 54 valence electrons. The molecule has 1 heteroatoms. The molecule has 11 heavy (non-hydrogen) atoms. The Bertz CT molecular complexity index is 228. The first-order valence-electron chi connectivity index (χ1n) is 3.86. The summed E-state index contributed by atoms with van der Waals surface area (Å²) in [6.45, 7) is 6.50. The Labute approximate surface area is 77.1 Å². The Balaban J connectivity index is 2.99. The van der Waals surface area contributed by atoms with E-state index in [4.69, 9.17) is 0 Å². The summed E-state index contributed by atoms with van der Waals surface area (Å²) in [5.74, 6) is 0. The summed E-state index contributed by atoms with van der Waals surface area (Å²) in [6, 6.07) is 8.67. The van der Waals surface area contributed by atoms with E-state index in [2.05, 4.69) is 61.3 Å². The second-order valence-corrected chi connectivity index (χ2v) is 5.03. The van der Waals surface area contributed by atoms with Gasteiger partial charge in [0.1, 0.15) is 0 Å². The van der Waals surface area contributed by atoms with Gasteiger partial charge in [-0.1, -0.05) is 0 Å². The van der Waals surface area contributed by atoms with Crippen LogP contribution in [0.1, 0.15) is 25.0 Å². The van der Waals surface area contributed by atoms with Crippen LogP contribution in [-0.4, -0.2) is 16.3 Å². The molecule has 0 saturated carbocycles. The van der Waals surface area contributed by atoms with Crippen LogP contribution in [0.15, 0.2) is 24.3 Å². The van der Waals surface area contributed by atoms with Crippen LogP contribution in [0.25, 0.3) is 0 Å². The summed E-state index contributed by atoms with van der Waals surface area (Å²) in [5.41, 5.74) is 2.69. The Morgan fingerprint density at radius 3 is 1.91 bits per heavy atom. The zero-order chi connectivity index (χ0) is 8.48. The van der Waals surface area contributed by atoms with Crippen molar-refractivity contribution < 1.29 is 0 Å².